The molecule has 0 aromatic carbocycles. The highest BCUT2D eigenvalue weighted by Crippen LogP contribution is 2.37. The lowest BCUT2D eigenvalue weighted by atomic mass is 9.90. The van der Waals surface area contributed by atoms with Crippen LogP contribution in [0.2, 0.25) is 0 Å². The molecule has 3 rings (SSSR count). The molecule has 7 heteroatoms. The van der Waals surface area contributed by atoms with Crippen LogP contribution in [0.3, 0.4) is 0 Å². The van der Waals surface area contributed by atoms with Crippen LogP contribution in [0.4, 0.5) is 0 Å². The van der Waals surface area contributed by atoms with E-state index in [1.54, 1.807) is 0 Å². The predicted octanol–water partition coefficient (Wildman–Crippen LogP) is 5.66. The molecule has 212 valence electrons. The Hall–Kier alpha value is -1.98. The van der Waals surface area contributed by atoms with Crippen LogP contribution in [0.15, 0.2) is 24.3 Å². The summed E-state index contributed by atoms with van der Waals surface area (Å²) in [5.41, 5.74) is 0. The molecule has 0 aromatic heterocycles. The lowest BCUT2D eigenvalue weighted by Gasteiger charge is -2.29. The summed E-state index contributed by atoms with van der Waals surface area (Å²) in [6, 6.07) is 0. The molecule has 38 heavy (non-hydrogen) atoms. The summed E-state index contributed by atoms with van der Waals surface area (Å²) in [6.45, 7) is 3.47. The number of allylic oxidation sites excluding steroid dienone is 2. The fourth-order valence-corrected chi connectivity index (χ4v) is 5.21. The molecular weight excluding hydrogens is 484 g/mol. The Morgan fingerprint density at radius 3 is 2.53 bits per heavy atom. The molecule has 0 bridgehead atoms. The molecule has 7 nitrogen and oxygen atoms in total. The van der Waals surface area contributed by atoms with Crippen molar-refractivity contribution in [2.24, 2.45) is 11.8 Å². The summed E-state index contributed by atoms with van der Waals surface area (Å²) in [4.78, 5) is 24.5. The molecule has 0 aromatic rings. The largest absolute Gasteiger partial charge is 0.469 e. The van der Waals surface area contributed by atoms with Gasteiger partial charge in [-0.05, 0) is 57.8 Å². The van der Waals surface area contributed by atoms with Crippen molar-refractivity contribution in [3.8, 4) is 11.8 Å². The van der Waals surface area contributed by atoms with Gasteiger partial charge in [-0.25, -0.2) is 0 Å². The summed E-state index contributed by atoms with van der Waals surface area (Å²) in [5, 5.41) is 0. The van der Waals surface area contributed by atoms with Crippen LogP contribution in [-0.4, -0.2) is 56.9 Å². The number of hydrogen-bond acceptors (Lipinski definition) is 7. The number of carbonyl (C=O) groups is 2. The Morgan fingerprint density at radius 2 is 1.84 bits per heavy atom. The van der Waals surface area contributed by atoms with Crippen molar-refractivity contribution in [3.05, 3.63) is 24.3 Å². The normalized spacial score (nSPS) is 28.9. The number of hydrogen-bond donors (Lipinski definition) is 0. The van der Waals surface area contributed by atoms with Crippen LogP contribution in [0.1, 0.15) is 90.4 Å². The fraction of sp³-hybridized carbons (Fsp3) is 0.742. The fourth-order valence-electron chi connectivity index (χ4n) is 5.21. The second-order valence-corrected chi connectivity index (χ2v) is 10.3. The van der Waals surface area contributed by atoms with Crippen LogP contribution >= 0.6 is 0 Å². The predicted molar refractivity (Wildman–Crippen MR) is 145 cm³/mol. The molecule has 3 fully saturated rings. The summed E-state index contributed by atoms with van der Waals surface area (Å²) < 4.78 is 29.0. The third-order valence-electron chi connectivity index (χ3n) is 7.33. The van der Waals surface area contributed by atoms with Gasteiger partial charge in [-0.1, -0.05) is 31.2 Å². The van der Waals surface area contributed by atoms with Crippen LogP contribution in [-0.2, 0) is 33.3 Å². The van der Waals surface area contributed by atoms with Gasteiger partial charge in [-0.15, -0.1) is 11.8 Å². The van der Waals surface area contributed by atoms with Crippen LogP contribution in [0.25, 0.3) is 0 Å². The molecule has 0 spiro atoms. The highest BCUT2D eigenvalue weighted by molar-refractivity contribution is 5.85. The van der Waals surface area contributed by atoms with E-state index in [1.807, 2.05) is 6.92 Å². The highest BCUT2D eigenvalue weighted by atomic mass is 16.7. The van der Waals surface area contributed by atoms with Crippen molar-refractivity contribution in [1.82, 2.24) is 0 Å². The van der Waals surface area contributed by atoms with Crippen molar-refractivity contribution < 1.29 is 33.3 Å². The molecule has 0 amide bonds. The van der Waals surface area contributed by atoms with Crippen molar-refractivity contribution in [2.45, 2.75) is 115 Å². The average molecular weight is 531 g/mol. The molecule has 6 atom stereocenters. The number of Topliss-reactive ketones (excluding diaryl/α,β-unsaturated/α-hetero) is 1. The number of methoxy groups -OCH3 is 1. The van der Waals surface area contributed by atoms with Crippen LogP contribution < -0.4 is 0 Å². The molecule has 2 aliphatic heterocycles. The molecule has 0 N–H and O–H groups in total. The number of ether oxygens (including phenoxy) is 5. The standard InChI is InChI=1S/C31H46O7/c1-3-4-7-14-24(37-30-17-10-12-21-35-30)19-20-26-25(15-8-5-6-9-16-29(33)34-2)27(32)23-28(26)38-31-18-11-13-22-36-31/h5,8,19-20,24-26,28,30-31H,3,6,9-18,21-23H2,1-2H3/b8-5-,20-19+/t24?,25-,26-,28-,30?,31?/m1/s1. The zero-order valence-corrected chi connectivity index (χ0v) is 23.2. The summed E-state index contributed by atoms with van der Waals surface area (Å²) in [6.07, 6.45) is 17.8. The highest BCUT2D eigenvalue weighted by Gasteiger charge is 2.42. The number of carbonyl (C=O) groups excluding carboxylic acids is 2. The average Bonchev–Trinajstić information content (AvgIpc) is 3.23. The van der Waals surface area contributed by atoms with E-state index in [-0.39, 0.29) is 48.4 Å². The Morgan fingerprint density at radius 1 is 1.08 bits per heavy atom. The van der Waals surface area contributed by atoms with Gasteiger partial charge in [0, 0.05) is 50.7 Å². The SMILES string of the molecule is CCC#CCC(/C=C/[C@H]1[C@H](OC2CCCCO2)CC(=O)[C@@H]1C/C=C\CCCC(=O)OC)OC1CCCCO1. The maximum atomic E-state index is 13.1. The van der Waals surface area contributed by atoms with Gasteiger partial charge in [0.15, 0.2) is 12.6 Å². The summed E-state index contributed by atoms with van der Waals surface area (Å²) >= 11 is 0. The maximum Gasteiger partial charge on any atom is 0.305 e. The van der Waals surface area contributed by atoms with Gasteiger partial charge in [0.1, 0.15) is 5.78 Å². The summed E-state index contributed by atoms with van der Waals surface area (Å²) in [5.74, 6) is 6.16. The van der Waals surface area contributed by atoms with E-state index in [0.29, 0.717) is 32.3 Å². The van der Waals surface area contributed by atoms with Crippen LogP contribution in [0, 0.1) is 23.7 Å². The Kier molecular flexibility index (Phi) is 14.1. The van der Waals surface area contributed by atoms with Gasteiger partial charge in [-0.2, -0.15) is 0 Å². The monoisotopic (exact) mass is 530 g/mol. The van der Waals surface area contributed by atoms with Crippen molar-refractivity contribution in [3.63, 3.8) is 0 Å². The lowest BCUT2D eigenvalue weighted by Crippen LogP contribution is -2.31. The maximum absolute atomic E-state index is 13.1. The number of rotatable bonds is 13. The minimum absolute atomic E-state index is 0.0646. The number of ketones is 1. The Balaban J connectivity index is 1.68. The molecule has 2 heterocycles. The van der Waals surface area contributed by atoms with Crippen molar-refractivity contribution in [2.75, 3.05) is 20.3 Å². The minimum Gasteiger partial charge on any atom is -0.469 e. The van der Waals surface area contributed by atoms with Crippen molar-refractivity contribution in [1.29, 1.82) is 0 Å². The van der Waals surface area contributed by atoms with E-state index in [4.69, 9.17) is 23.7 Å². The third kappa shape index (κ3) is 10.6. The van der Waals surface area contributed by atoms with E-state index < -0.39 is 0 Å². The molecular formula is C31H46O7. The summed E-state index contributed by atoms with van der Waals surface area (Å²) in [7, 11) is 1.41. The molecule has 3 unspecified atom stereocenters. The zero-order valence-electron chi connectivity index (χ0n) is 23.2. The smallest absolute Gasteiger partial charge is 0.305 e. The van der Waals surface area contributed by atoms with Crippen molar-refractivity contribution >= 4 is 11.8 Å². The van der Waals surface area contributed by atoms with Crippen LogP contribution in [0.5, 0.6) is 0 Å². The topological polar surface area (TPSA) is 80.3 Å². The van der Waals surface area contributed by atoms with E-state index >= 15 is 0 Å². The van der Waals surface area contributed by atoms with Gasteiger partial charge in [0.05, 0.1) is 19.3 Å². The molecule has 3 aliphatic rings. The molecule has 0 radical (unpaired) electrons. The second-order valence-electron chi connectivity index (χ2n) is 10.3. The molecule has 2 saturated heterocycles. The van der Waals surface area contributed by atoms with E-state index in [1.165, 1.54) is 7.11 Å². The molecule has 1 aliphatic carbocycles. The lowest BCUT2D eigenvalue weighted by molar-refractivity contribution is -0.192. The first-order chi connectivity index (χ1) is 18.6. The first-order valence-electron chi connectivity index (χ1n) is 14.5. The third-order valence-corrected chi connectivity index (χ3v) is 7.33. The number of unbranched alkanes of at least 4 members (excludes halogenated alkanes) is 1. The molecule has 1 saturated carbocycles. The second kappa shape index (κ2) is 17.6. The van der Waals surface area contributed by atoms with Gasteiger partial charge < -0.3 is 23.7 Å². The van der Waals surface area contributed by atoms with Gasteiger partial charge in [-0.3, -0.25) is 9.59 Å². The Labute approximate surface area is 228 Å². The first kappa shape index (κ1) is 30.6. The minimum atomic E-state index is -0.247. The number of esters is 1. The van der Waals surface area contributed by atoms with E-state index in [2.05, 4.69) is 36.1 Å². The first-order valence-corrected chi connectivity index (χ1v) is 14.5. The Bertz CT molecular complexity index is 827. The van der Waals surface area contributed by atoms with E-state index in [0.717, 1.165) is 64.4 Å². The van der Waals surface area contributed by atoms with Gasteiger partial charge in [0.2, 0.25) is 0 Å². The quantitative estimate of drug-likeness (QED) is 0.131. The van der Waals surface area contributed by atoms with Gasteiger partial charge in [0.25, 0.3) is 0 Å². The zero-order chi connectivity index (χ0) is 27.0. The van der Waals surface area contributed by atoms with Gasteiger partial charge >= 0.3 is 5.97 Å². The van der Waals surface area contributed by atoms with E-state index in [9.17, 15) is 9.59 Å².